The maximum Gasteiger partial charge on any atom is 0.414 e. The van der Waals surface area contributed by atoms with Crippen molar-refractivity contribution in [3.8, 4) is 11.1 Å². The van der Waals surface area contributed by atoms with Gasteiger partial charge in [0.15, 0.2) is 0 Å². The third kappa shape index (κ3) is 3.96. The third-order valence-corrected chi connectivity index (χ3v) is 4.33. The summed E-state index contributed by atoms with van der Waals surface area (Å²) in [5.74, 6) is -1.33. The molecular weight excluding hydrogens is 326 g/mol. The number of likely N-dealkylation sites (N-methyl/N-ethyl adjacent to an activating group) is 1. The number of hydrogen-bond donors (Lipinski definition) is 0. The van der Waals surface area contributed by atoms with Crippen LogP contribution in [0.15, 0.2) is 42.5 Å². The van der Waals surface area contributed by atoms with Gasteiger partial charge in [-0.05, 0) is 37.2 Å². The van der Waals surface area contributed by atoms with Gasteiger partial charge in [0.05, 0.1) is 5.69 Å². The molecule has 1 heterocycles. The van der Waals surface area contributed by atoms with Crippen LogP contribution in [0.25, 0.3) is 11.1 Å². The molecule has 1 fully saturated rings. The third-order valence-electron chi connectivity index (χ3n) is 4.33. The van der Waals surface area contributed by atoms with Crippen LogP contribution < -0.4 is 4.90 Å². The van der Waals surface area contributed by atoms with Crippen molar-refractivity contribution in [3.63, 3.8) is 0 Å². The lowest BCUT2D eigenvalue weighted by molar-refractivity contribution is 0.110. The Bertz CT molecular complexity index is 762. The Labute approximate surface area is 145 Å². The van der Waals surface area contributed by atoms with Crippen LogP contribution in [-0.4, -0.2) is 44.3 Å². The molecule has 6 heteroatoms. The number of rotatable bonds is 3. The Morgan fingerprint density at radius 2 is 1.88 bits per heavy atom. The zero-order chi connectivity index (χ0) is 18.0. The second kappa shape index (κ2) is 7.19. The van der Waals surface area contributed by atoms with Gasteiger partial charge in [-0.15, -0.1) is 0 Å². The molecule has 0 aliphatic carbocycles. The number of amides is 1. The first kappa shape index (κ1) is 17.4. The second-order valence-electron chi connectivity index (χ2n) is 6.29. The molecule has 0 N–H and O–H groups in total. The first-order valence-electron chi connectivity index (χ1n) is 8.12. The summed E-state index contributed by atoms with van der Waals surface area (Å²) < 4.78 is 32.7. The van der Waals surface area contributed by atoms with E-state index in [-0.39, 0.29) is 6.10 Å². The normalized spacial score (nSPS) is 17.5. The molecule has 2 aromatic rings. The molecule has 4 nitrogen and oxygen atoms in total. The molecule has 2 aromatic carbocycles. The van der Waals surface area contributed by atoms with E-state index in [9.17, 15) is 13.6 Å². The van der Waals surface area contributed by atoms with Crippen molar-refractivity contribution in [2.24, 2.45) is 0 Å². The summed E-state index contributed by atoms with van der Waals surface area (Å²) in [6.45, 7) is 1.59. The minimum absolute atomic E-state index is 0.140. The number of anilines is 1. The van der Waals surface area contributed by atoms with Gasteiger partial charge in [-0.2, -0.15) is 0 Å². The van der Waals surface area contributed by atoms with E-state index in [1.807, 2.05) is 7.05 Å². The van der Waals surface area contributed by atoms with Gasteiger partial charge in [-0.3, -0.25) is 4.90 Å². The van der Waals surface area contributed by atoms with Gasteiger partial charge in [-0.25, -0.2) is 13.6 Å². The van der Waals surface area contributed by atoms with Gasteiger partial charge in [-0.1, -0.05) is 18.2 Å². The predicted octanol–water partition coefficient (Wildman–Crippen LogP) is 3.91. The van der Waals surface area contributed by atoms with Crippen molar-refractivity contribution in [2.45, 2.75) is 12.5 Å². The van der Waals surface area contributed by atoms with E-state index in [0.717, 1.165) is 19.0 Å². The smallest absolute Gasteiger partial charge is 0.414 e. The highest BCUT2D eigenvalue weighted by Gasteiger charge is 2.25. The number of para-hydroxylation sites is 1. The lowest BCUT2D eigenvalue weighted by Gasteiger charge is -2.22. The van der Waals surface area contributed by atoms with Gasteiger partial charge in [0.25, 0.3) is 0 Å². The Hall–Kier alpha value is -2.47. The summed E-state index contributed by atoms with van der Waals surface area (Å²) >= 11 is 0. The molecular formula is C19H20F2N2O2. The van der Waals surface area contributed by atoms with Gasteiger partial charge >= 0.3 is 6.09 Å². The van der Waals surface area contributed by atoms with E-state index in [1.54, 1.807) is 31.3 Å². The summed E-state index contributed by atoms with van der Waals surface area (Å²) in [5, 5.41) is 0. The van der Waals surface area contributed by atoms with Crippen LogP contribution in [0.5, 0.6) is 0 Å². The fraction of sp³-hybridized carbons (Fsp3) is 0.316. The largest absolute Gasteiger partial charge is 0.444 e. The number of carbonyl (C=O) groups excluding carboxylic acids is 1. The molecule has 1 amide bonds. The average molecular weight is 346 g/mol. The highest BCUT2D eigenvalue weighted by molar-refractivity contribution is 5.93. The van der Waals surface area contributed by atoms with Gasteiger partial charge in [0.2, 0.25) is 0 Å². The Kier molecular flexibility index (Phi) is 4.99. The molecule has 1 aliphatic heterocycles. The van der Waals surface area contributed by atoms with E-state index >= 15 is 0 Å². The van der Waals surface area contributed by atoms with Crippen LogP contribution in [0.1, 0.15) is 6.42 Å². The summed E-state index contributed by atoms with van der Waals surface area (Å²) in [4.78, 5) is 15.9. The number of halogens is 2. The maximum absolute atomic E-state index is 13.6. The molecule has 0 radical (unpaired) electrons. The van der Waals surface area contributed by atoms with Crippen LogP contribution in [0, 0.1) is 11.6 Å². The summed E-state index contributed by atoms with van der Waals surface area (Å²) in [6, 6.07) is 10.3. The molecule has 0 aromatic heterocycles. The van der Waals surface area contributed by atoms with Gasteiger partial charge < -0.3 is 9.64 Å². The van der Waals surface area contributed by atoms with E-state index in [4.69, 9.17) is 4.74 Å². The average Bonchev–Trinajstić information content (AvgIpc) is 2.98. The van der Waals surface area contributed by atoms with Crippen LogP contribution in [0.2, 0.25) is 0 Å². The quantitative estimate of drug-likeness (QED) is 0.845. The highest BCUT2D eigenvalue weighted by atomic mass is 19.1. The molecule has 1 atom stereocenters. The summed E-state index contributed by atoms with van der Waals surface area (Å²) in [7, 11) is 3.57. The van der Waals surface area contributed by atoms with Crippen LogP contribution in [0.3, 0.4) is 0 Å². The van der Waals surface area contributed by atoms with Crippen molar-refractivity contribution in [2.75, 3.05) is 32.1 Å². The first-order valence-corrected chi connectivity index (χ1v) is 8.12. The number of likely N-dealkylation sites (tertiary alicyclic amines) is 1. The molecule has 3 rings (SSSR count). The topological polar surface area (TPSA) is 32.8 Å². The predicted molar refractivity (Wildman–Crippen MR) is 92.6 cm³/mol. The second-order valence-corrected chi connectivity index (χ2v) is 6.29. The van der Waals surface area contributed by atoms with Gasteiger partial charge in [0.1, 0.15) is 17.7 Å². The molecule has 0 saturated carbocycles. The standard InChI is InChI=1S/C19H20F2N2O2/c1-22-8-7-16(12-22)25-19(24)23(2)18-6-4-3-5-17(18)13-9-14(20)11-15(21)10-13/h3-6,9-11,16H,7-8,12H2,1-2H3/t16-/m1/s1. The Morgan fingerprint density at radius 3 is 2.52 bits per heavy atom. The SMILES string of the molecule is CN1CC[C@@H](OC(=O)N(C)c2ccccc2-c2cc(F)cc(F)c2)C1. The Morgan fingerprint density at radius 1 is 1.20 bits per heavy atom. The fourth-order valence-corrected chi connectivity index (χ4v) is 3.03. The molecule has 0 spiro atoms. The molecule has 132 valence electrons. The Balaban J connectivity index is 1.85. The zero-order valence-corrected chi connectivity index (χ0v) is 14.2. The number of nitrogens with zero attached hydrogens (tertiary/aromatic N) is 2. The fourth-order valence-electron chi connectivity index (χ4n) is 3.03. The summed E-state index contributed by atoms with van der Waals surface area (Å²) in [6.07, 6.45) is 0.177. The maximum atomic E-state index is 13.6. The van der Waals surface area contributed by atoms with E-state index < -0.39 is 17.7 Å². The zero-order valence-electron chi connectivity index (χ0n) is 14.2. The van der Waals surface area contributed by atoms with Crippen LogP contribution in [0.4, 0.5) is 19.3 Å². The van der Waals surface area contributed by atoms with Crippen LogP contribution in [-0.2, 0) is 4.74 Å². The lowest BCUT2D eigenvalue weighted by atomic mass is 10.0. The number of benzene rings is 2. The van der Waals surface area contributed by atoms with E-state index in [2.05, 4.69) is 4.90 Å². The first-order chi connectivity index (χ1) is 11.9. The monoisotopic (exact) mass is 346 g/mol. The summed E-state index contributed by atoms with van der Waals surface area (Å²) in [5.41, 5.74) is 1.46. The van der Waals surface area contributed by atoms with Crippen molar-refractivity contribution in [3.05, 3.63) is 54.1 Å². The van der Waals surface area contributed by atoms with E-state index in [0.29, 0.717) is 23.4 Å². The molecule has 1 saturated heterocycles. The number of ether oxygens (including phenoxy) is 1. The lowest BCUT2D eigenvalue weighted by Crippen LogP contribution is -2.32. The van der Waals surface area contributed by atoms with Crippen molar-refractivity contribution in [1.29, 1.82) is 0 Å². The van der Waals surface area contributed by atoms with E-state index in [1.165, 1.54) is 17.0 Å². The molecule has 1 aliphatic rings. The van der Waals surface area contributed by atoms with Crippen LogP contribution >= 0.6 is 0 Å². The van der Waals surface area contributed by atoms with Crippen molar-refractivity contribution >= 4 is 11.8 Å². The minimum Gasteiger partial charge on any atom is -0.444 e. The molecule has 0 unspecified atom stereocenters. The number of carbonyl (C=O) groups is 1. The van der Waals surface area contributed by atoms with Crippen molar-refractivity contribution in [1.82, 2.24) is 4.90 Å². The van der Waals surface area contributed by atoms with Crippen molar-refractivity contribution < 1.29 is 18.3 Å². The number of hydrogen-bond acceptors (Lipinski definition) is 3. The van der Waals surface area contributed by atoms with Gasteiger partial charge in [0, 0.05) is 31.8 Å². The molecule has 25 heavy (non-hydrogen) atoms. The highest BCUT2D eigenvalue weighted by Crippen LogP contribution is 2.31. The minimum atomic E-state index is -0.663. The molecule has 0 bridgehead atoms.